The first-order chi connectivity index (χ1) is 10.1. The van der Waals surface area contributed by atoms with Gasteiger partial charge in [-0.15, -0.1) is 11.3 Å². The Labute approximate surface area is 132 Å². The molecule has 5 heteroatoms. The summed E-state index contributed by atoms with van der Waals surface area (Å²) < 4.78 is 0. The lowest BCUT2D eigenvalue weighted by Crippen LogP contribution is -2.53. The van der Waals surface area contributed by atoms with Gasteiger partial charge in [0, 0.05) is 50.3 Å². The zero-order chi connectivity index (χ0) is 14.9. The van der Waals surface area contributed by atoms with E-state index in [2.05, 4.69) is 34.0 Å². The molecule has 21 heavy (non-hydrogen) atoms. The molecule has 1 aliphatic heterocycles. The second-order valence-electron chi connectivity index (χ2n) is 7.27. The van der Waals surface area contributed by atoms with Crippen LogP contribution in [-0.4, -0.2) is 48.6 Å². The van der Waals surface area contributed by atoms with Crippen LogP contribution in [0.5, 0.6) is 0 Å². The van der Waals surface area contributed by atoms with Crippen molar-refractivity contribution < 1.29 is 0 Å². The van der Waals surface area contributed by atoms with Crippen molar-refractivity contribution in [2.45, 2.75) is 39.2 Å². The second kappa shape index (κ2) is 6.23. The van der Waals surface area contributed by atoms with Crippen molar-refractivity contribution >= 4 is 16.5 Å². The quantitative estimate of drug-likeness (QED) is 0.931. The third-order valence-electron chi connectivity index (χ3n) is 5.36. The van der Waals surface area contributed by atoms with Gasteiger partial charge < -0.3 is 10.6 Å². The molecule has 2 N–H and O–H groups in total. The van der Waals surface area contributed by atoms with Gasteiger partial charge in [0.2, 0.25) is 0 Å². The first-order valence-electron chi connectivity index (χ1n) is 8.19. The van der Waals surface area contributed by atoms with E-state index in [-0.39, 0.29) is 0 Å². The number of anilines is 1. The Morgan fingerprint density at radius 1 is 1.33 bits per heavy atom. The Bertz CT molecular complexity index is 437. The number of hydrogen-bond acceptors (Lipinski definition) is 5. The average molecular weight is 308 g/mol. The van der Waals surface area contributed by atoms with Crippen LogP contribution in [0.25, 0.3) is 0 Å². The van der Waals surface area contributed by atoms with Crippen molar-refractivity contribution in [3.05, 3.63) is 11.6 Å². The van der Waals surface area contributed by atoms with Gasteiger partial charge >= 0.3 is 0 Å². The molecular weight excluding hydrogens is 280 g/mol. The topological polar surface area (TPSA) is 45.4 Å². The van der Waals surface area contributed by atoms with Crippen LogP contribution in [0, 0.1) is 11.3 Å². The van der Waals surface area contributed by atoms with Crippen molar-refractivity contribution in [2.24, 2.45) is 17.1 Å². The molecule has 2 atom stereocenters. The molecule has 2 unspecified atom stereocenters. The summed E-state index contributed by atoms with van der Waals surface area (Å²) in [5.74, 6) is 0.667. The normalized spacial score (nSPS) is 30.5. The maximum Gasteiger partial charge on any atom is 0.185 e. The maximum atomic E-state index is 6.53. The SMILES string of the molecule is CC1(C)CCCC(CN2CCN(c3nccs3)CC2)C1N. The zero-order valence-corrected chi connectivity index (χ0v) is 14.1. The molecule has 0 amide bonds. The van der Waals surface area contributed by atoms with E-state index < -0.39 is 0 Å². The highest BCUT2D eigenvalue weighted by molar-refractivity contribution is 7.13. The Kier molecular flexibility index (Phi) is 4.52. The summed E-state index contributed by atoms with van der Waals surface area (Å²) in [5.41, 5.74) is 6.84. The minimum absolute atomic E-state index is 0.311. The fraction of sp³-hybridized carbons (Fsp3) is 0.812. The number of piperazine rings is 1. The highest BCUT2D eigenvalue weighted by atomic mass is 32.1. The van der Waals surface area contributed by atoms with Crippen LogP contribution in [0.3, 0.4) is 0 Å². The van der Waals surface area contributed by atoms with Crippen LogP contribution in [0.15, 0.2) is 11.6 Å². The maximum absolute atomic E-state index is 6.53. The molecule has 3 rings (SSSR count). The van der Waals surface area contributed by atoms with Gasteiger partial charge in [0.1, 0.15) is 0 Å². The largest absolute Gasteiger partial charge is 0.346 e. The molecule has 0 aromatic carbocycles. The number of nitrogens with two attached hydrogens (primary N) is 1. The van der Waals surface area contributed by atoms with E-state index in [1.54, 1.807) is 11.3 Å². The third kappa shape index (κ3) is 3.41. The summed E-state index contributed by atoms with van der Waals surface area (Å²) in [5, 5.41) is 3.23. The molecule has 0 radical (unpaired) electrons. The molecule has 1 aliphatic carbocycles. The summed E-state index contributed by atoms with van der Waals surface area (Å²) in [4.78, 5) is 9.43. The first-order valence-corrected chi connectivity index (χ1v) is 9.06. The molecular formula is C16H28N4S. The van der Waals surface area contributed by atoms with Crippen LogP contribution in [0.1, 0.15) is 33.1 Å². The van der Waals surface area contributed by atoms with Crippen LogP contribution in [0.2, 0.25) is 0 Å². The van der Waals surface area contributed by atoms with E-state index in [0.717, 1.165) is 26.2 Å². The van der Waals surface area contributed by atoms with Gasteiger partial charge in [-0.05, 0) is 24.2 Å². The van der Waals surface area contributed by atoms with Gasteiger partial charge in [0.15, 0.2) is 5.13 Å². The average Bonchev–Trinajstić information content (AvgIpc) is 2.99. The Morgan fingerprint density at radius 2 is 2.10 bits per heavy atom. The summed E-state index contributed by atoms with van der Waals surface area (Å²) in [7, 11) is 0. The van der Waals surface area contributed by atoms with Gasteiger partial charge in [0.05, 0.1) is 0 Å². The Morgan fingerprint density at radius 3 is 2.76 bits per heavy atom. The minimum Gasteiger partial charge on any atom is -0.346 e. The van der Waals surface area contributed by atoms with Crippen LogP contribution in [0.4, 0.5) is 5.13 Å². The van der Waals surface area contributed by atoms with Crippen molar-refractivity contribution in [2.75, 3.05) is 37.6 Å². The fourth-order valence-electron chi connectivity index (χ4n) is 3.83. The number of hydrogen-bond donors (Lipinski definition) is 1. The van der Waals surface area contributed by atoms with E-state index in [1.807, 2.05) is 6.20 Å². The summed E-state index contributed by atoms with van der Waals surface area (Å²) in [6.45, 7) is 10.3. The molecule has 1 saturated carbocycles. The number of aromatic nitrogens is 1. The number of thiazole rings is 1. The predicted molar refractivity (Wildman–Crippen MR) is 89.9 cm³/mol. The fourth-order valence-corrected chi connectivity index (χ4v) is 4.53. The van der Waals surface area contributed by atoms with Gasteiger partial charge in [-0.3, -0.25) is 4.90 Å². The molecule has 1 aromatic rings. The molecule has 118 valence electrons. The van der Waals surface area contributed by atoms with Crippen LogP contribution in [-0.2, 0) is 0 Å². The van der Waals surface area contributed by atoms with Gasteiger partial charge in [-0.1, -0.05) is 20.3 Å². The van der Waals surface area contributed by atoms with Gasteiger partial charge in [0.25, 0.3) is 0 Å². The predicted octanol–water partition coefficient (Wildman–Crippen LogP) is 2.42. The van der Waals surface area contributed by atoms with E-state index >= 15 is 0 Å². The lowest BCUT2D eigenvalue weighted by atomic mass is 9.68. The van der Waals surface area contributed by atoms with Crippen molar-refractivity contribution in [1.29, 1.82) is 0 Å². The molecule has 0 bridgehead atoms. The summed E-state index contributed by atoms with van der Waals surface area (Å²) in [6.07, 6.45) is 5.82. The van der Waals surface area contributed by atoms with Crippen molar-refractivity contribution in [1.82, 2.24) is 9.88 Å². The zero-order valence-electron chi connectivity index (χ0n) is 13.3. The van der Waals surface area contributed by atoms with Crippen LogP contribution < -0.4 is 10.6 Å². The Balaban J connectivity index is 1.51. The molecule has 2 fully saturated rings. The standard InChI is InChI=1S/C16H28N4S/c1-16(2)5-3-4-13(14(16)17)12-19-7-9-20(10-8-19)15-18-6-11-21-15/h6,11,13-14H,3-5,7-10,12,17H2,1-2H3. The van der Waals surface area contributed by atoms with Crippen molar-refractivity contribution in [3.8, 4) is 0 Å². The molecule has 1 saturated heterocycles. The monoisotopic (exact) mass is 308 g/mol. The first kappa shape index (κ1) is 15.3. The lowest BCUT2D eigenvalue weighted by Gasteiger charge is -2.45. The van der Waals surface area contributed by atoms with E-state index in [0.29, 0.717) is 17.4 Å². The van der Waals surface area contributed by atoms with Crippen molar-refractivity contribution in [3.63, 3.8) is 0 Å². The van der Waals surface area contributed by atoms with Crippen LogP contribution >= 0.6 is 11.3 Å². The summed E-state index contributed by atoms with van der Waals surface area (Å²) in [6, 6.07) is 0.350. The second-order valence-corrected chi connectivity index (χ2v) is 8.14. The van der Waals surface area contributed by atoms with E-state index in [4.69, 9.17) is 5.73 Å². The lowest BCUT2D eigenvalue weighted by molar-refractivity contribution is 0.0997. The van der Waals surface area contributed by atoms with E-state index in [9.17, 15) is 0 Å². The highest BCUT2D eigenvalue weighted by Gasteiger charge is 2.37. The Hall–Kier alpha value is -0.650. The summed E-state index contributed by atoms with van der Waals surface area (Å²) >= 11 is 1.74. The molecule has 4 nitrogen and oxygen atoms in total. The molecule has 1 aromatic heterocycles. The smallest absolute Gasteiger partial charge is 0.185 e. The molecule has 2 heterocycles. The highest BCUT2D eigenvalue weighted by Crippen LogP contribution is 2.38. The van der Waals surface area contributed by atoms with E-state index in [1.165, 1.54) is 30.9 Å². The third-order valence-corrected chi connectivity index (χ3v) is 6.19. The van der Waals surface area contributed by atoms with Gasteiger partial charge in [-0.25, -0.2) is 4.98 Å². The number of nitrogens with zero attached hydrogens (tertiary/aromatic N) is 3. The molecule has 2 aliphatic rings. The van der Waals surface area contributed by atoms with Gasteiger partial charge in [-0.2, -0.15) is 0 Å². The minimum atomic E-state index is 0.311. The number of rotatable bonds is 3. The molecule has 0 spiro atoms.